The van der Waals surface area contributed by atoms with Crippen molar-refractivity contribution in [2.75, 3.05) is 7.11 Å². The maximum Gasteiger partial charge on any atom is 0.125 e. The van der Waals surface area contributed by atoms with Crippen molar-refractivity contribution in [3.05, 3.63) is 57.6 Å². The highest BCUT2D eigenvalue weighted by Gasteiger charge is 2.21. The summed E-state index contributed by atoms with van der Waals surface area (Å²) in [6, 6.07) is 11.9. The molecule has 1 aliphatic heterocycles. The second-order valence-corrected chi connectivity index (χ2v) is 6.28. The first-order chi connectivity index (χ1) is 10.1. The third-order valence-corrected chi connectivity index (χ3v) is 4.30. The van der Waals surface area contributed by atoms with Crippen LogP contribution in [0.15, 0.2) is 40.9 Å². The number of methoxy groups -OCH3 is 1. The minimum absolute atomic E-state index is 0.214. The molecular formula is C17H18BrNO2. The smallest absolute Gasteiger partial charge is 0.125 e. The van der Waals surface area contributed by atoms with Crippen LogP contribution in [0.1, 0.15) is 29.7 Å². The SMILES string of the molecule is COc1cc(Br)ccc1C(N)c1ccc2c(c1)CC(C)O2. The van der Waals surface area contributed by atoms with E-state index in [1.54, 1.807) is 7.11 Å². The molecule has 0 saturated carbocycles. The zero-order valence-electron chi connectivity index (χ0n) is 12.1. The molecule has 0 bridgehead atoms. The van der Waals surface area contributed by atoms with E-state index in [4.69, 9.17) is 15.2 Å². The molecule has 0 spiro atoms. The van der Waals surface area contributed by atoms with Crippen molar-refractivity contribution in [2.24, 2.45) is 5.73 Å². The molecular weight excluding hydrogens is 330 g/mol. The van der Waals surface area contributed by atoms with Gasteiger partial charge in [0.2, 0.25) is 0 Å². The lowest BCUT2D eigenvalue weighted by Crippen LogP contribution is -2.13. The molecule has 0 aromatic heterocycles. The first-order valence-electron chi connectivity index (χ1n) is 6.97. The van der Waals surface area contributed by atoms with Crippen LogP contribution in [0, 0.1) is 0 Å². The fraction of sp³-hybridized carbons (Fsp3) is 0.294. The second-order valence-electron chi connectivity index (χ2n) is 5.36. The summed E-state index contributed by atoms with van der Waals surface area (Å²) in [6.07, 6.45) is 1.18. The molecule has 1 heterocycles. The van der Waals surface area contributed by atoms with E-state index in [2.05, 4.69) is 28.9 Å². The number of nitrogens with two attached hydrogens (primary N) is 1. The molecule has 2 aromatic carbocycles. The molecule has 2 aromatic rings. The fourth-order valence-electron chi connectivity index (χ4n) is 2.76. The molecule has 0 radical (unpaired) electrons. The van der Waals surface area contributed by atoms with Gasteiger partial charge in [0.1, 0.15) is 17.6 Å². The molecule has 2 unspecified atom stereocenters. The largest absolute Gasteiger partial charge is 0.496 e. The van der Waals surface area contributed by atoms with Gasteiger partial charge in [-0.05, 0) is 36.2 Å². The van der Waals surface area contributed by atoms with Crippen LogP contribution in [0.3, 0.4) is 0 Å². The number of fused-ring (bicyclic) bond motifs is 1. The Morgan fingerprint density at radius 3 is 2.86 bits per heavy atom. The van der Waals surface area contributed by atoms with Gasteiger partial charge in [0.15, 0.2) is 0 Å². The standard InChI is InChI=1S/C17H18BrNO2/c1-10-7-12-8-11(3-6-15(12)21-10)17(19)14-5-4-13(18)9-16(14)20-2/h3-6,8-10,17H,7,19H2,1-2H3. The monoisotopic (exact) mass is 347 g/mol. The highest BCUT2D eigenvalue weighted by Crippen LogP contribution is 2.35. The average molecular weight is 348 g/mol. The van der Waals surface area contributed by atoms with E-state index < -0.39 is 0 Å². The number of hydrogen-bond donors (Lipinski definition) is 1. The van der Waals surface area contributed by atoms with Crippen LogP contribution in [-0.2, 0) is 6.42 Å². The van der Waals surface area contributed by atoms with Crippen molar-refractivity contribution in [3.8, 4) is 11.5 Å². The molecule has 3 nitrogen and oxygen atoms in total. The minimum Gasteiger partial charge on any atom is -0.496 e. The summed E-state index contributed by atoms with van der Waals surface area (Å²) in [7, 11) is 1.66. The summed E-state index contributed by atoms with van der Waals surface area (Å²) < 4.78 is 12.2. The molecule has 0 fully saturated rings. The van der Waals surface area contributed by atoms with Crippen molar-refractivity contribution < 1.29 is 9.47 Å². The number of halogens is 1. The van der Waals surface area contributed by atoms with Gasteiger partial charge in [0.05, 0.1) is 13.2 Å². The normalized spacial score (nSPS) is 18.0. The van der Waals surface area contributed by atoms with Gasteiger partial charge in [-0.1, -0.05) is 34.1 Å². The van der Waals surface area contributed by atoms with Gasteiger partial charge in [-0.2, -0.15) is 0 Å². The molecule has 2 atom stereocenters. The zero-order chi connectivity index (χ0) is 15.0. The summed E-state index contributed by atoms with van der Waals surface area (Å²) >= 11 is 3.45. The van der Waals surface area contributed by atoms with Crippen LogP contribution in [0.4, 0.5) is 0 Å². The van der Waals surface area contributed by atoms with Gasteiger partial charge in [-0.25, -0.2) is 0 Å². The van der Waals surface area contributed by atoms with Crippen LogP contribution in [-0.4, -0.2) is 13.2 Å². The Hall–Kier alpha value is -1.52. The van der Waals surface area contributed by atoms with Gasteiger partial charge in [-0.15, -0.1) is 0 Å². The maximum absolute atomic E-state index is 6.44. The Morgan fingerprint density at radius 1 is 1.29 bits per heavy atom. The lowest BCUT2D eigenvalue weighted by molar-refractivity contribution is 0.254. The summed E-state index contributed by atoms with van der Waals surface area (Å²) in [5.74, 6) is 1.77. The Kier molecular flexibility index (Phi) is 3.91. The van der Waals surface area contributed by atoms with E-state index in [0.717, 1.165) is 33.5 Å². The Labute approximate surface area is 133 Å². The zero-order valence-corrected chi connectivity index (χ0v) is 13.7. The number of benzene rings is 2. The molecule has 0 saturated heterocycles. The van der Waals surface area contributed by atoms with Crippen LogP contribution in [0.25, 0.3) is 0 Å². The Morgan fingerprint density at radius 2 is 2.10 bits per heavy atom. The highest BCUT2D eigenvalue weighted by atomic mass is 79.9. The summed E-state index contributed by atoms with van der Waals surface area (Å²) in [6.45, 7) is 2.08. The molecule has 0 aliphatic carbocycles. The van der Waals surface area contributed by atoms with Crippen molar-refractivity contribution in [3.63, 3.8) is 0 Å². The van der Waals surface area contributed by atoms with E-state index in [-0.39, 0.29) is 12.1 Å². The second kappa shape index (κ2) is 5.70. The molecule has 0 amide bonds. The van der Waals surface area contributed by atoms with E-state index in [1.807, 2.05) is 30.3 Å². The summed E-state index contributed by atoms with van der Waals surface area (Å²) in [4.78, 5) is 0. The van der Waals surface area contributed by atoms with Gasteiger partial charge in [0, 0.05) is 16.5 Å². The van der Waals surface area contributed by atoms with Crippen molar-refractivity contribution in [1.82, 2.24) is 0 Å². The van der Waals surface area contributed by atoms with E-state index in [0.29, 0.717) is 0 Å². The fourth-order valence-corrected chi connectivity index (χ4v) is 3.10. The van der Waals surface area contributed by atoms with E-state index in [1.165, 1.54) is 5.56 Å². The molecule has 2 N–H and O–H groups in total. The lowest BCUT2D eigenvalue weighted by atomic mass is 9.96. The number of ether oxygens (including phenoxy) is 2. The third-order valence-electron chi connectivity index (χ3n) is 3.81. The van der Waals surface area contributed by atoms with Crippen molar-refractivity contribution in [2.45, 2.75) is 25.5 Å². The first kappa shape index (κ1) is 14.4. The topological polar surface area (TPSA) is 44.5 Å². The first-order valence-corrected chi connectivity index (χ1v) is 7.76. The molecule has 21 heavy (non-hydrogen) atoms. The van der Waals surface area contributed by atoms with Gasteiger partial charge >= 0.3 is 0 Å². The van der Waals surface area contributed by atoms with Crippen molar-refractivity contribution >= 4 is 15.9 Å². The van der Waals surface area contributed by atoms with Crippen LogP contribution in [0.2, 0.25) is 0 Å². The third kappa shape index (κ3) is 2.78. The van der Waals surface area contributed by atoms with Crippen LogP contribution < -0.4 is 15.2 Å². The predicted octanol–water partition coefficient (Wildman–Crippen LogP) is 3.83. The average Bonchev–Trinajstić information content (AvgIpc) is 2.85. The van der Waals surface area contributed by atoms with Gasteiger partial charge in [0.25, 0.3) is 0 Å². The van der Waals surface area contributed by atoms with Gasteiger partial charge in [-0.3, -0.25) is 0 Å². The molecule has 4 heteroatoms. The van der Waals surface area contributed by atoms with E-state index in [9.17, 15) is 0 Å². The van der Waals surface area contributed by atoms with Crippen LogP contribution >= 0.6 is 15.9 Å². The Bertz CT molecular complexity index is 672. The maximum atomic E-state index is 6.44. The summed E-state index contributed by atoms with van der Waals surface area (Å²) in [5, 5.41) is 0. The molecule has 110 valence electrons. The number of hydrogen-bond acceptors (Lipinski definition) is 3. The summed E-state index contributed by atoms with van der Waals surface area (Å²) in [5.41, 5.74) is 9.72. The van der Waals surface area contributed by atoms with E-state index >= 15 is 0 Å². The lowest BCUT2D eigenvalue weighted by Gasteiger charge is -2.17. The number of rotatable bonds is 3. The quantitative estimate of drug-likeness (QED) is 0.917. The van der Waals surface area contributed by atoms with Crippen molar-refractivity contribution in [1.29, 1.82) is 0 Å². The Balaban J connectivity index is 1.96. The van der Waals surface area contributed by atoms with Crippen LogP contribution in [0.5, 0.6) is 11.5 Å². The predicted molar refractivity (Wildman–Crippen MR) is 87.0 cm³/mol. The minimum atomic E-state index is -0.214. The molecule has 1 aliphatic rings. The molecule has 3 rings (SSSR count). The highest BCUT2D eigenvalue weighted by molar-refractivity contribution is 9.10. The van der Waals surface area contributed by atoms with Gasteiger partial charge < -0.3 is 15.2 Å².